The van der Waals surface area contributed by atoms with Crippen LogP contribution in [0.4, 0.5) is 0 Å². The fourth-order valence-corrected chi connectivity index (χ4v) is 2.74. The van der Waals surface area contributed by atoms with Crippen LogP contribution in [0.2, 0.25) is 0 Å². The first-order valence-corrected chi connectivity index (χ1v) is 6.57. The maximum Gasteiger partial charge on any atom is 0.162 e. The Morgan fingerprint density at radius 3 is 2.83 bits per heavy atom. The van der Waals surface area contributed by atoms with Gasteiger partial charge in [-0.3, -0.25) is 4.90 Å². The van der Waals surface area contributed by atoms with Crippen molar-refractivity contribution in [3.8, 4) is 0 Å². The largest absolute Gasteiger partial charge is 0.501 e. The average Bonchev–Trinajstić information content (AvgIpc) is 2.47. The highest BCUT2D eigenvalue weighted by atomic mass is 16.6. The number of piperazine rings is 1. The Labute approximate surface area is 107 Å². The summed E-state index contributed by atoms with van der Waals surface area (Å²) in [6.45, 7) is 5.43. The van der Waals surface area contributed by atoms with Crippen LogP contribution in [0.15, 0.2) is 23.4 Å². The fraction of sp³-hybridized carbons (Fsp3) is 0.692. The summed E-state index contributed by atoms with van der Waals surface area (Å²) in [5.41, 5.74) is 0. The molecule has 5 heteroatoms. The molecular weight excluding hydrogens is 232 g/mol. The molecule has 2 heterocycles. The van der Waals surface area contributed by atoms with E-state index in [1.54, 1.807) is 7.11 Å². The van der Waals surface area contributed by atoms with Crippen molar-refractivity contribution in [2.24, 2.45) is 0 Å². The molecule has 0 aromatic rings. The molecule has 100 valence electrons. The van der Waals surface area contributed by atoms with Gasteiger partial charge < -0.3 is 19.5 Å². The summed E-state index contributed by atoms with van der Waals surface area (Å²) in [6, 6.07) is 0.266. The van der Waals surface area contributed by atoms with Gasteiger partial charge in [-0.2, -0.15) is 0 Å². The van der Waals surface area contributed by atoms with Crippen LogP contribution in [0.5, 0.6) is 0 Å². The summed E-state index contributed by atoms with van der Waals surface area (Å²) in [7, 11) is 1.72. The van der Waals surface area contributed by atoms with Crippen molar-refractivity contribution >= 4 is 0 Å². The minimum atomic E-state index is 0.266. The van der Waals surface area contributed by atoms with Crippen LogP contribution in [0.25, 0.3) is 0 Å². The Kier molecular flexibility index (Phi) is 3.43. The second-order valence-corrected chi connectivity index (χ2v) is 4.75. The molecule has 5 nitrogen and oxygen atoms in total. The summed E-state index contributed by atoms with van der Waals surface area (Å²) < 4.78 is 16.9. The zero-order valence-electron chi connectivity index (χ0n) is 10.8. The highest BCUT2D eigenvalue weighted by molar-refractivity contribution is 5.30. The van der Waals surface area contributed by atoms with Crippen LogP contribution in [-0.2, 0) is 14.2 Å². The summed E-state index contributed by atoms with van der Waals surface area (Å²) in [5, 5.41) is 3.38. The number of allylic oxidation sites excluding steroid dienone is 1. The summed E-state index contributed by atoms with van der Waals surface area (Å²) >= 11 is 0. The molecule has 1 fully saturated rings. The number of methoxy groups -OCH3 is 1. The van der Waals surface area contributed by atoms with E-state index in [9.17, 15) is 0 Å². The van der Waals surface area contributed by atoms with Gasteiger partial charge in [0.25, 0.3) is 0 Å². The number of nitrogens with zero attached hydrogens (tertiary/aromatic N) is 1. The van der Waals surface area contributed by atoms with E-state index in [0.717, 1.165) is 49.9 Å². The highest BCUT2D eigenvalue weighted by Crippen LogP contribution is 2.32. The fourth-order valence-electron chi connectivity index (χ4n) is 2.74. The lowest BCUT2D eigenvalue weighted by Crippen LogP contribution is -2.50. The maximum atomic E-state index is 5.83. The van der Waals surface area contributed by atoms with E-state index in [1.165, 1.54) is 0 Å². The third-order valence-corrected chi connectivity index (χ3v) is 3.69. The first kappa shape index (κ1) is 11.9. The van der Waals surface area contributed by atoms with Gasteiger partial charge in [-0.1, -0.05) is 0 Å². The first-order chi connectivity index (χ1) is 8.88. The minimum Gasteiger partial charge on any atom is -0.501 e. The zero-order valence-corrected chi connectivity index (χ0v) is 10.8. The first-order valence-electron chi connectivity index (χ1n) is 6.57. The van der Waals surface area contributed by atoms with Gasteiger partial charge in [0.15, 0.2) is 11.5 Å². The van der Waals surface area contributed by atoms with Gasteiger partial charge in [-0.15, -0.1) is 0 Å². The van der Waals surface area contributed by atoms with Crippen LogP contribution in [0.1, 0.15) is 6.42 Å². The molecule has 0 radical (unpaired) electrons. The normalized spacial score (nSPS) is 28.9. The van der Waals surface area contributed by atoms with Crippen LogP contribution in [0.3, 0.4) is 0 Å². The Morgan fingerprint density at radius 1 is 1.28 bits per heavy atom. The predicted octanol–water partition coefficient (Wildman–Crippen LogP) is 0.453. The van der Waals surface area contributed by atoms with E-state index >= 15 is 0 Å². The van der Waals surface area contributed by atoms with Gasteiger partial charge >= 0.3 is 0 Å². The molecule has 0 saturated carbocycles. The van der Waals surface area contributed by atoms with Crippen LogP contribution < -0.4 is 5.32 Å². The monoisotopic (exact) mass is 252 g/mol. The molecule has 1 N–H and O–H groups in total. The molecule has 1 atom stereocenters. The summed E-state index contributed by atoms with van der Waals surface area (Å²) in [5.74, 6) is 2.82. The van der Waals surface area contributed by atoms with E-state index in [0.29, 0.717) is 13.2 Å². The average molecular weight is 252 g/mol. The lowest BCUT2D eigenvalue weighted by atomic mass is 10.0. The molecule has 18 heavy (non-hydrogen) atoms. The van der Waals surface area contributed by atoms with Gasteiger partial charge in [-0.05, 0) is 0 Å². The Balaban J connectivity index is 1.84. The molecule has 1 saturated heterocycles. The molecule has 0 bridgehead atoms. The van der Waals surface area contributed by atoms with Gasteiger partial charge in [-0.25, -0.2) is 0 Å². The summed E-state index contributed by atoms with van der Waals surface area (Å²) in [6.07, 6.45) is 2.84. The van der Waals surface area contributed by atoms with Crippen molar-refractivity contribution in [1.29, 1.82) is 0 Å². The van der Waals surface area contributed by atoms with Crippen molar-refractivity contribution in [2.75, 3.05) is 46.5 Å². The molecule has 0 aromatic heterocycles. The second-order valence-electron chi connectivity index (χ2n) is 4.75. The van der Waals surface area contributed by atoms with Crippen molar-refractivity contribution < 1.29 is 14.2 Å². The Bertz CT molecular complexity index is 372. The molecule has 1 unspecified atom stereocenters. The standard InChI is InChI=1S/C13H20N2O3/c1-16-10-8-11(15-4-2-14-3-5-15)13-12(9-10)17-6-7-18-13/h9,11,14H,2-8H2,1H3. The number of ether oxygens (including phenoxy) is 3. The van der Waals surface area contributed by atoms with E-state index in [1.807, 2.05) is 6.08 Å². The van der Waals surface area contributed by atoms with Gasteiger partial charge in [0.05, 0.1) is 13.2 Å². The van der Waals surface area contributed by atoms with E-state index < -0.39 is 0 Å². The highest BCUT2D eigenvalue weighted by Gasteiger charge is 2.34. The molecule has 0 aromatic carbocycles. The van der Waals surface area contributed by atoms with Crippen molar-refractivity contribution in [1.82, 2.24) is 10.2 Å². The van der Waals surface area contributed by atoms with Crippen molar-refractivity contribution in [3.63, 3.8) is 0 Å². The van der Waals surface area contributed by atoms with Crippen molar-refractivity contribution in [3.05, 3.63) is 23.4 Å². The zero-order chi connectivity index (χ0) is 12.4. The Hall–Kier alpha value is -1.20. The molecule has 3 rings (SSSR count). The van der Waals surface area contributed by atoms with E-state index in [2.05, 4.69) is 10.2 Å². The summed E-state index contributed by atoms with van der Waals surface area (Å²) in [4.78, 5) is 2.45. The predicted molar refractivity (Wildman–Crippen MR) is 66.9 cm³/mol. The quantitative estimate of drug-likeness (QED) is 0.773. The number of hydrogen-bond donors (Lipinski definition) is 1. The van der Waals surface area contributed by atoms with Crippen LogP contribution >= 0.6 is 0 Å². The molecule has 0 spiro atoms. The number of hydrogen-bond acceptors (Lipinski definition) is 5. The van der Waals surface area contributed by atoms with Crippen LogP contribution in [-0.4, -0.2) is 57.4 Å². The SMILES string of the molecule is COC1=CC2=C(OCCO2)C(N2CCNCC2)C1. The third-order valence-electron chi connectivity index (χ3n) is 3.69. The topological polar surface area (TPSA) is 43.0 Å². The molecule has 3 aliphatic rings. The van der Waals surface area contributed by atoms with E-state index in [4.69, 9.17) is 14.2 Å². The van der Waals surface area contributed by atoms with Gasteiger partial charge in [0.2, 0.25) is 0 Å². The van der Waals surface area contributed by atoms with Crippen molar-refractivity contribution in [2.45, 2.75) is 12.5 Å². The smallest absolute Gasteiger partial charge is 0.162 e. The van der Waals surface area contributed by atoms with Gasteiger partial charge in [0.1, 0.15) is 19.0 Å². The van der Waals surface area contributed by atoms with E-state index in [-0.39, 0.29) is 6.04 Å². The molecule has 2 aliphatic heterocycles. The number of nitrogens with one attached hydrogen (secondary N) is 1. The molecule has 0 amide bonds. The Morgan fingerprint density at radius 2 is 2.06 bits per heavy atom. The molecular formula is C13H20N2O3. The minimum absolute atomic E-state index is 0.266. The van der Waals surface area contributed by atoms with Crippen LogP contribution in [0, 0.1) is 0 Å². The lowest BCUT2D eigenvalue weighted by molar-refractivity contribution is 0.0247. The molecule has 1 aliphatic carbocycles. The lowest BCUT2D eigenvalue weighted by Gasteiger charge is -2.39. The number of rotatable bonds is 2. The maximum absolute atomic E-state index is 5.83. The third kappa shape index (κ3) is 2.20. The van der Waals surface area contributed by atoms with Gasteiger partial charge in [0, 0.05) is 38.7 Å². The second kappa shape index (κ2) is 5.20.